The number of piperidine rings is 1. The first-order valence-corrected chi connectivity index (χ1v) is 11.4. The number of amides is 2. The van der Waals surface area contributed by atoms with Crippen LogP contribution in [0.25, 0.3) is 0 Å². The molecule has 2 aliphatic heterocycles. The molecule has 9 nitrogen and oxygen atoms in total. The minimum absolute atomic E-state index is 0.0384. The molecule has 0 bridgehead atoms. The number of pyridine rings is 1. The van der Waals surface area contributed by atoms with Crippen molar-refractivity contribution in [2.24, 2.45) is 0 Å². The molecule has 2 aliphatic rings. The zero-order chi connectivity index (χ0) is 22.4. The highest BCUT2D eigenvalue weighted by molar-refractivity contribution is 5.77. The Balaban J connectivity index is 1.25. The summed E-state index contributed by atoms with van der Waals surface area (Å²) >= 11 is 0. The average molecular weight is 442 g/mol. The van der Waals surface area contributed by atoms with E-state index in [0.29, 0.717) is 57.3 Å². The minimum Gasteiger partial charge on any atom is -0.372 e. The van der Waals surface area contributed by atoms with Crippen LogP contribution in [0, 0.1) is 6.92 Å². The maximum Gasteiger partial charge on any atom is 0.225 e. The monoisotopic (exact) mass is 441 g/mol. The van der Waals surface area contributed by atoms with Crippen LogP contribution in [-0.2, 0) is 27.3 Å². The van der Waals surface area contributed by atoms with E-state index in [1.807, 2.05) is 17.2 Å². The molecule has 0 N–H and O–H groups in total. The summed E-state index contributed by atoms with van der Waals surface area (Å²) in [6.45, 7) is 4.27. The molecule has 4 rings (SSSR count). The molecule has 0 radical (unpaired) electrons. The van der Waals surface area contributed by atoms with Gasteiger partial charge in [-0.3, -0.25) is 14.6 Å². The average Bonchev–Trinajstić information content (AvgIpc) is 3.15. The van der Waals surface area contributed by atoms with E-state index in [9.17, 15) is 9.59 Å². The zero-order valence-electron chi connectivity index (χ0n) is 18.7. The fourth-order valence-corrected chi connectivity index (χ4v) is 4.49. The van der Waals surface area contributed by atoms with Gasteiger partial charge in [-0.05, 0) is 43.7 Å². The maximum absolute atomic E-state index is 12.7. The van der Waals surface area contributed by atoms with E-state index in [1.165, 1.54) is 5.56 Å². The van der Waals surface area contributed by atoms with E-state index < -0.39 is 5.60 Å². The van der Waals surface area contributed by atoms with Crippen molar-refractivity contribution in [2.75, 3.05) is 26.2 Å². The lowest BCUT2D eigenvalue weighted by atomic mass is 9.90. The highest BCUT2D eigenvalue weighted by Crippen LogP contribution is 2.31. The fourth-order valence-electron chi connectivity index (χ4n) is 4.49. The molecule has 2 fully saturated rings. The molecule has 0 unspecified atom stereocenters. The van der Waals surface area contributed by atoms with Gasteiger partial charge in [-0.1, -0.05) is 11.2 Å². The van der Waals surface area contributed by atoms with E-state index >= 15 is 0 Å². The summed E-state index contributed by atoms with van der Waals surface area (Å²) in [7, 11) is 0. The van der Waals surface area contributed by atoms with Gasteiger partial charge < -0.3 is 19.1 Å². The predicted molar refractivity (Wildman–Crippen MR) is 115 cm³/mol. The van der Waals surface area contributed by atoms with Crippen LogP contribution < -0.4 is 0 Å². The number of nitrogens with zero attached hydrogens (tertiary/aromatic N) is 5. The number of aromatic nitrogens is 3. The van der Waals surface area contributed by atoms with E-state index in [2.05, 4.69) is 21.2 Å². The molecule has 9 heteroatoms. The van der Waals surface area contributed by atoms with E-state index in [1.54, 1.807) is 18.0 Å². The molecule has 0 aromatic carbocycles. The maximum atomic E-state index is 12.7. The molecular formula is C23H31N5O4. The second kappa shape index (κ2) is 10.2. The molecule has 2 aromatic rings. The Morgan fingerprint density at radius 3 is 2.81 bits per heavy atom. The van der Waals surface area contributed by atoms with E-state index in [-0.39, 0.29) is 11.8 Å². The van der Waals surface area contributed by atoms with Gasteiger partial charge in [-0.2, -0.15) is 4.98 Å². The van der Waals surface area contributed by atoms with Gasteiger partial charge in [-0.15, -0.1) is 0 Å². The fraction of sp³-hybridized carbons (Fsp3) is 0.609. The van der Waals surface area contributed by atoms with Crippen molar-refractivity contribution in [3.63, 3.8) is 0 Å². The second-order valence-corrected chi connectivity index (χ2v) is 8.71. The molecule has 0 saturated carbocycles. The Hall–Kier alpha value is -2.81. The van der Waals surface area contributed by atoms with Crippen molar-refractivity contribution in [1.82, 2.24) is 24.9 Å². The van der Waals surface area contributed by atoms with Crippen molar-refractivity contribution in [3.05, 3.63) is 41.8 Å². The topological polar surface area (TPSA) is 102 Å². The SMILES string of the molecule is Cc1nc(CN2CC3(CCN(C(=O)CCCCc4cccnc4)CC3)OCCC2=O)no1. The number of aryl methyl sites for hydroxylation is 2. The van der Waals surface area contributed by atoms with Crippen LogP contribution in [0.4, 0.5) is 0 Å². The van der Waals surface area contributed by atoms with Gasteiger partial charge in [0.15, 0.2) is 5.82 Å². The number of ether oxygens (including phenoxy) is 1. The molecule has 1 spiro atoms. The molecule has 4 heterocycles. The molecule has 2 amide bonds. The number of unbranched alkanes of at least 4 members (excludes halogenated alkanes) is 1. The lowest BCUT2D eigenvalue weighted by molar-refractivity contribution is -0.140. The molecule has 2 saturated heterocycles. The van der Waals surface area contributed by atoms with Crippen LogP contribution in [0.3, 0.4) is 0 Å². The van der Waals surface area contributed by atoms with Crippen molar-refractivity contribution >= 4 is 11.8 Å². The summed E-state index contributed by atoms with van der Waals surface area (Å²) in [5.74, 6) is 1.23. The number of carbonyl (C=O) groups is 2. The van der Waals surface area contributed by atoms with Gasteiger partial charge in [0.2, 0.25) is 17.7 Å². The van der Waals surface area contributed by atoms with Gasteiger partial charge in [-0.25, -0.2) is 0 Å². The van der Waals surface area contributed by atoms with Gasteiger partial charge >= 0.3 is 0 Å². The van der Waals surface area contributed by atoms with Crippen LogP contribution in [0.15, 0.2) is 29.0 Å². The minimum atomic E-state index is -0.415. The lowest BCUT2D eigenvalue weighted by Gasteiger charge is -2.42. The van der Waals surface area contributed by atoms with Gasteiger partial charge in [0, 0.05) is 38.8 Å². The van der Waals surface area contributed by atoms with Crippen LogP contribution in [0.5, 0.6) is 0 Å². The molecule has 0 atom stereocenters. The summed E-state index contributed by atoms with van der Waals surface area (Å²) in [6.07, 6.45) is 8.81. The quantitative estimate of drug-likeness (QED) is 0.608. The molecule has 2 aromatic heterocycles. The number of rotatable bonds is 7. The first-order valence-electron chi connectivity index (χ1n) is 11.4. The normalized spacial score (nSPS) is 18.7. The highest BCUT2D eigenvalue weighted by atomic mass is 16.5. The standard InChI is InChI=1S/C23H31N5O4/c1-18-25-20(26-32-18)16-28-17-23(31-14-8-22(28)30)9-12-27(13-10-23)21(29)7-3-2-5-19-6-4-11-24-15-19/h4,6,11,15H,2-3,5,7-10,12-14,16-17H2,1H3. The largest absolute Gasteiger partial charge is 0.372 e. The van der Waals surface area contributed by atoms with Crippen molar-refractivity contribution < 1.29 is 18.8 Å². The number of hydrogen-bond acceptors (Lipinski definition) is 7. The van der Waals surface area contributed by atoms with Gasteiger partial charge in [0.05, 0.1) is 31.7 Å². The van der Waals surface area contributed by atoms with Gasteiger partial charge in [0.1, 0.15) is 0 Å². The number of hydrogen-bond donors (Lipinski definition) is 0. The highest BCUT2D eigenvalue weighted by Gasteiger charge is 2.41. The predicted octanol–water partition coefficient (Wildman–Crippen LogP) is 2.30. The van der Waals surface area contributed by atoms with E-state index in [4.69, 9.17) is 9.26 Å². The first kappa shape index (κ1) is 22.4. The third-order valence-corrected chi connectivity index (χ3v) is 6.31. The molecule has 0 aliphatic carbocycles. The third-order valence-electron chi connectivity index (χ3n) is 6.31. The molecule has 172 valence electrons. The summed E-state index contributed by atoms with van der Waals surface area (Å²) in [5.41, 5.74) is 0.794. The van der Waals surface area contributed by atoms with E-state index in [0.717, 1.165) is 32.1 Å². The Kier molecular flexibility index (Phi) is 7.14. The first-order chi connectivity index (χ1) is 15.5. The summed E-state index contributed by atoms with van der Waals surface area (Å²) in [6, 6.07) is 4.01. The number of likely N-dealkylation sites (tertiary alicyclic amines) is 1. The van der Waals surface area contributed by atoms with Crippen LogP contribution in [0.1, 0.15) is 55.8 Å². The number of carbonyl (C=O) groups excluding carboxylic acids is 2. The summed E-state index contributed by atoms with van der Waals surface area (Å²) < 4.78 is 11.2. The van der Waals surface area contributed by atoms with Crippen molar-refractivity contribution in [1.29, 1.82) is 0 Å². The van der Waals surface area contributed by atoms with Crippen LogP contribution >= 0.6 is 0 Å². The van der Waals surface area contributed by atoms with Crippen molar-refractivity contribution in [2.45, 2.75) is 64.0 Å². The third kappa shape index (κ3) is 5.70. The lowest BCUT2D eigenvalue weighted by Crippen LogP contribution is -2.53. The van der Waals surface area contributed by atoms with Crippen LogP contribution in [-0.4, -0.2) is 68.6 Å². The summed E-state index contributed by atoms with van der Waals surface area (Å²) in [5, 5.41) is 3.92. The Morgan fingerprint density at radius 2 is 2.09 bits per heavy atom. The van der Waals surface area contributed by atoms with Gasteiger partial charge in [0.25, 0.3) is 0 Å². The zero-order valence-corrected chi connectivity index (χ0v) is 18.7. The molecule has 32 heavy (non-hydrogen) atoms. The molecular weight excluding hydrogens is 410 g/mol. The Bertz CT molecular complexity index is 908. The van der Waals surface area contributed by atoms with Crippen molar-refractivity contribution in [3.8, 4) is 0 Å². The Morgan fingerprint density at radius 1 is 1.25 bits per heavy atom. The Labute approximate surface area is 188 Å². The summed E-state index contributed by atoms with van der Waals surface area (Å²) in [4.78, 5) is 37.3. The smallest absolute Gasteiger partial charge is 0.225 e. The second-order valence-electron chi connectivity index (χ2n) is 8.71. The van der Waals surface area contributed by atoms with Crippen LogP contribution in [0.2, 0.25) is 0 Å².